The zero-order chi connectivity index (χ0) is 84.7. The molecule has 0 saturated heterocycles. The summed E-state index contributed by atoms with van der Waals surface area (Å²) in [6.45, 7) is 15.1. The SMILES string of the molecule is C.C.C.CCOCC(COCC)OCC.CCOCC(O)C(OCC)C(O)C(COC)OCC.CCOCC(O)COCC.OCC(O)COCC(COCC(O)CO)OCC(O)CO.OCC(O)COCC(O)C(OCC(O)CO)C(O)C(COCC(O)CO)OCC(O)CO.OCC(O)COCC(O)COCC(O)CO. The Balaban J connectivity index is -0.000000170. The highest BCUT2D eigenvalue weighted by Crippen LogP contribution is 2.17. The van der Waals surface area contributed by atoms with Crippen molar-refractivity contribution in [2.24, 2.45) is 0 Å². The molecule has 42 nitrogen and oxygen atoms in total. The summed E-state index contributed by atoms with van der Waals surface area (Å²) in [4.78, 5) is 0. The van der Waals surface area contributed by atoms with Crippen LogP contribution in [-0.2, 0) is 85.3 Å². The van der Waals surface area contributed by atoms with Gasteiger partial charge in [0.1, 0.15) is 128 Å². The first kappa shape index (κ1) is 129. The summed E-state index contributed by atoms with van der Waals surface area (Å²) in [6, 6.07) is 0. The Kier molecular flexibility index (Phi) is 110. The average molecular weight is 1690 g/mol. The van der Waals surface area contributed by atoms with Crippen molar-refractivity contribution in [1.29, 1.82) is 0 Å². The Morgan fingerprint density at radius 2 is 0.416 bits per heavy atom. The maximum atomic E-state index is 10.8. The van der Waals surface area contributed by atoms with Crippen molar-refractivity contribution in [3.63, 3.8) is 0 Å². The van der Waals surface area contributed by atoms with Gasteiger partial charge < -0.3 is 208 Å². The molecule has 0 spiro atoms. The second-order valence-corrected chi connectivity index (χ2v) is 23.5. The topological polar surface area (TPSA) is 652 Å². The molecule has 0 rings (SSSR count). The van der Waals surface area contributed by atoms with Crippen LogP contribution < -0.4 is 0 Å². The zero-order valence-electron chi connectivity index (χ0n) is 66.1. The fourth-order valence-electron chi connectivity index (χ4n) is 7.59. The van der Waals surface area contributed by atoms with E-state index in [9.17, 15) is 51.1 Å². The van der Waals surface area contributed by atoms with Crippen LogP contribution in [-0.4, -0.2) is 509 Å². The van der Waals surface area contributed by atoms with Gasteiger partial charge in [0.05, 0.1) is 198 Å². The van der Waals surface area contributed by atoms with Crippen LogP contribution in [0.15, 0.2) is 0 Å². The normalized spacial score (nSPS) is 16.4. The zero-order valence-corrected chi connectivity index (χ0v) is 66.1. The molecule has 0 radical (unpaired) electrons. The van der Waals surface area contributed by atoms with Gasteiger partial charge in [-0.3, -0.25) is 0 Å². The van der Waals surface area contributed by atoms with E-state index in [0.717, 1.165) is 13.2 Å². The fraction of sp³-hybridized carbons (Fsp3) is 1.00. The quantitative estimate of drug-likeness (QED) is 0.0269. The molecule has 0 aromatic carbocycles. The van der Waals surface area contributed by atoms with Crippen molar-refractivity contribution in [2.45, 2.75) is 206 Å². The largest absolute Gasteiger partial charge is 0.394 e. The van der Waals surface area contributed by atoms with Crippen LogP contribution in [0.3, 0.4) is 0 Å². The second-order valence-electron chi connectivity index (χ2n) is 23.5. The van der Waals surface area contributed by atoms with E-state index in [1.54, 1.807) is 6.92 Å². The molecule has 696 valence electrons. The van der Waals surface area contributed by atoms with Gasteiger partial charge >= 0.3 is 0 Å². The number of aliphatic hydroxyl groups excluding tert-OH is 24. The van der Waals surface area contributed by atoms with Gasteiger partial charge in [0, 0.05) is 60.0 Å². The van der Waals surface area contributed by atoms with E-state index < -0.39 is 201 Å². The second kappa shape index (κ2) is 95.8. The molecule has 0 aromatic heterocycles. The summed E-state index contributed by atoms with van der Waals surface area (Å²) in [5.41, 5.74) is 0. The predicted molar refractivity (Wildman–Crippen MR) is 409 cm³/mol. The minimum Gasteiger partial charge on any atom is -0.394 e. The van der Waals surface area contributed by atoms with Gasteiger partial charge in [-0.2, -0.15) is 0 Å². The van der Waals surface area contributed by atoms with Crippen LogP contribution in [0.4, 0.5) is 0 Å². The number of methoxy groups -OCH3 is 1. The van der Waals surface area contributed by atoms with E-state index in [4.69, 9.17) is 157 Å². The van der Waals surface area contributed by atoms with Crippen LogP contribution in [0.2, 0.25) is 0 Å². The number of hydrogen-bond acceptors (Lipinski definition) is 42. The first-order chi connectivity index (χ1) is 52.6. The van der Waals surface area contributed by atoms with Crippen LogP contribution in [0.5, 0.6) is 0 Å². The highest BCUT2D eigenvalue weighted by molar-refractivity contribution is 4.86. The van der Waals surface area contributed by atoms with E-state index >= 15 is 0 Å². The third-order valence-corrected chi connectivity index (χ3v) is 13.3. The molecule has 0 fully saturated rings. The minimum absolute atomic E-state index is 0. The lowest BCUT2D eigenvalue weighted by Crippen LogP contribution is -2.51. The van der Waals surface area contributed by atoms with E-state index in [2.05, 4.69) is 0 Å². The van der Waals surface area contributed by atoms with Crippen molar-refractivity contribution in [3.8, 4) is 0 Å². The van der Waals surface area contributed by atoms with E-state index in [1.807, 2.05) is 48.5 Å². The van der Waals surface area contributed by atoms with Crippen molar-refractivity contribution in [1.82, 2.24) is 0 Å². The summed E-state index contributed by atoms with van der Waals surface area (Å²) >= 11 is 0. The summed E-state index contributed by atoms with van der Waals surface area (Å²) in [7, 11) is 1.53. The molecule has 0 aliphatic rings. The summed E-state index contributed by atoms with van der Waals surface area (Å²) in [6.07, 6.45) is -20.9. The molecule has 0 saturated carbocycles. The fourth-order valence-corrected chi connectivity index (χ4v) is 7.59. The molecule has 17 unspecified atom stereocenters. The summed E-state index contributed by atoms with van der Waals surface area (Å²) in [5.74, 6) is 0. The molecular formula is C71H160O42. The molecule has 24 N–H and O–H groups in total. The summed E-state index contributed by atoms with van der Waals surface area (Å²) in [5, 5.41) is 221. The van der Waals surface area contributed by atoms with Gasteiger partial charge in [0.15, 0.2) is 0 Å². The van der Waals surface area contributed by atoms with Gasteiger partial charge in [0.25, 0.3) is 0 Å². The molecule has 0 aliphatic carbocycles. The Morgan fingerprint density at radius 3 is 0.735 bits per heavy atom. The number of aliphatic hydroxyl groups is 24. The third-order valence-electron chi connectivity index (χ3n) is 13.3. The lowest BCUT2D eigenvalue weighted by molar-refractivity contribution is -0.186. The van der Waals surface area contributed by atoms with Crippen molar-refractivity contribution in [3.05, 3.63) is 0 Å². The Labute approximate surface area is 669 Å². The number of rotatable bonds is 71. The molecule has 0 aromatic rings. The van der Waals surface area contributed by atoms with Gasteiger partial charge in [0.2, 0.25) is 0 Å². The lowest BCUT2D eigenvalue weighted by Gasteiger charge is -2.33. The molecule has 0 amide bonds. The van der Waals surface area contributed by atoms with Gasteiger partial charge in [-0.25, -0.2) is 0 Å². The maximum Gasteiger partial charge on any atom is 0.114 e. The standard InChI is InChI=1S/C18H38O14.C13H28O6.C12H26O9.C9H20O7.C9H20O3.C7H16O3.3CH4/c19-1-11(23)5-29-9-15(27)18(32-8-14(26)4-22)17(28)16(31-7-13(25)3-21)10-30-6-12(24)2-20;1-5-17-8-10(14)13(19-7-3)12(15)11(9-16-4)18-6-2;13-1-9(16)4-19-7-12(21-6-11(18)3-15)8-20-5-10(17)2-14;10-1-7(12)3-15-5-9(14)6-16-4-8(13)2-11;1-4-10-7-9(12-6-3)8-11-5-2;1-3-9-5-7(8)6-10-4-2;;;/h11-28H,1-10H2;10-15H,5-9H2,1-4H3;9-18H,1-8H2;7-14H,1-6H2;9H,4-8H2,1-3H3;7-8H,3-6H2,1-2H3;3*1H4. The first-order valence-electron chi connectivity index (χ1n) is 36.8. The van der Waals surface area contributed by atoms with Crippen LogP contribution in [0.1, 0.15) is 77.7 Å². The molecule has 113 heavy (non-hydrogen) atoms. The Bertz CT molecular complexity index is 1690. The molecule has 42 heteroatoms. The van der Waals surface area contributed by atoms with Gasteiger partial charge in [-0.15, -0.1) is 0 Å². The van der Waals surface area contributed by atoms with E-state index in [0.29, 0.717) is 66.1 Å². The summed E-state index contributed by atoms with van der Waals surface area (Å²) < 4.78 is 93.0. The van der Waals surface area contributed by atoms with Gasteiger partial charge in [-0.05, 0) is 55.4 Å². The van der Waals surface area contributed by atoms with E-state index in [-0.39, 0.29) is 121 Å². The molecule has 17 atom stereocenters. The van der Waals surface area contributed by atoms with Crippen molar-refractivity contribution >= 4 is 0 Å². The smallest absolute Gasteiger partial charge is 0.114 e. The monoisotopic (exact) mass is 1690 g/mol. The third kappa shape index (κ3) is 85.1. The predicted octanol–water partition coefficient (Wildman–Crippen LogP) is -8.53. The van der Waals surface area contributed by atoms with Crippen LogP contribution >= 0.6 is 0 Å². The highest BCUT2D eigenvalue weighted by atomic mass is 16.6. The van der Waals surface area contributed by atoms with Crippen molar-refractivity contribution in [2.75, 3.05) is 258 Å². The number of hydrogen-bond donors (Lipinski definition) is 24. The molecular weight excluding hydrogens is 1520 g/mol. The molecule has 0 bridgehead atoms. The highest BCUT2D eigenvalue weighted by Gasteiger charge is 2.37. The lowest BCUT2D eigenvalue weighted by atomic mass is 10.0. The van der Waals surface area contributed by atoms with Crippen LogP contribution in [0.25, 0.3) is 0 Å². The van der Waals surface area contributed by atoms with Crippen LogP contribution in [0, 0.1) is 0 Å². The van der Waals surface area contributed by atoms with Gasteiger partial charge in [-0.1, -0.05) is 22.3 Å². The maximum absolute atomic E-state index is 10.8. The number of ether oxygens (including phenoxy) is 18. The average Bonchev–Trinajstić information content (AvgIpc) is 0.869. The first-order valence-corrected chi connectivity index (χ1v) is 36.8. The minimum atomic E-state index is -1.65. The Morgan fingerprint density at radius 1 is 0.195 bits per heavy atom. The Hall–Kier alpha value is -1.68. The van der Waals surface area contributed by atoms with Crippen molar-refractivity contribution < 1.29 is 208 Å². The molecule has 0 aliphatic heterocycles. The van der Waals surface area contributed by atoms with E-state index in [1.165, 1.54) is 7.11 Å². The molecule has 0 heterocycles.